The lowest BCUT2D eigenvalue weighted by molar-refractivity contribution is -0.137. The third kappa shape index (κ3) is 11.1. The number of nitrogens with one attached hydrogen (secondary N) is 2. The van der Waals surface area contributed by atoms with Crippen molar-refractivity contribution in [2.75, 3.05) is 52.6 Å². The second-order valence-corrected chi connectivity index (χ2v) is 15.9. The quantitative estimate of drug-likeness (QED) is 0.342. The number of nitrogens with zero attached hydrogens (tertiary/aromatic N) is 2. The van der Waals surface area contributed by atoms with E-state index in [1.807, 2.05) is 41.5 Å². The second kappa shape index (κ2) is 18.2. The summed E-state index contributed by atoms with van der Waals surface area (Å²) in [4.78, 5) is 30.9. The van der Waals surface area contributed by atoms with E-state index in [0.29, 0.717) is 12.8 Å². The summed E-state index contributed by atoms with van der Waals surface area (Å²) in [5.74, 6) is -1.28. The molecule has 1 aliphatic rings. The largest absolute Gasteiger partial charge is 0.378 e. The lowest BCUT2D eigenvalue weighted by Crippen LogP contribution is -2.54. The summed E-state index contributed by atoms with van der Waals surface area (Å²) in [7, 11) is -7.91. The highest BCUT2D eigenvalue weighted by atomic mass is 32.2. The zero-order valence-corrected chi connectivity index (χ0v) is 30.6. The van der Waals surface area contributed by atoms with Crippen molar-refractivity contribution >= 4 is 31.9 Å². The Balaban J connectivity index is 1.68. The third-order valence-corrected chi connectivity index (χ3v) is 11.7. The molecule has 1 heterocycles. The van der Waals surface area contributed by atoms with E-state index in [1.165, 1.54) is 24.3 Å². The van der Waals surface area contributed by atoms with Gasteiger partial charge in [0.15, 0.2) is 0 Å². The van der Waals surface area contributed by atoms with Crippen LogP contribution in [-0.2, 0) is 39.1 Å². The first-order chi connectivity index (χ1) is 22.7. The smallest absolute Gasteiger partial charge is 0.241 e. The topological polar surface area (TPSA) is 151 Å². The van der Waals surface area contributed by atoms with Gasteiger partial charge in [-0.15, -0.1) is 0 Å². The summed E-state index contributed by atoms with van der Waals surface area (Å²) >= 11 is 0. The van der Waals surface area contributed by atoms with Crippen LogP contribution in [0.5, 0.6) is 0 Å². The molecule has 0 bridgehead atoms. The molecule has 0 spiro atoms. The number of hydrogen-bond donors (Lipinski definition) is 2. The molecule has 48 heavy (non-hydrogen) atoms. The van der Waals surface area contributed by atoms with Gasteiger partial charge in [-0.3, -0.25) is 9.59 Å². The molecule has 0 saturated carbocycles. The molecule has 268 valence electrons. The van der Waals surface area contributed by atoms with E-state index in [9.17, 15) is 26.4 Å². The van der Waals surface area contributed by atoms with Gasteiger partial charge in [0, 0.05) is 26.2 Å². The Bertz CT molecular complexity index is 1420. The van der Waals surface area contributed by atoms with Crippen LogP contribution in [0.25, 0.3) is 0 Å². The summed E-state index contributed by atoms with van der Waals surface area (Å²) in [5, 5.41) is 0. The molecule has 2 aromatic carbocycles. The summed E-state index contributed by atoms with van der Waals surface area (Å²) in [5.41, 5.74) is 1.85. The minimum Gasteiger partial charge on any atom is -0.378 e. The van der Waals surface area contributed by atoms with E-state index < -0.39 is 32.1 Å². The first kappa shape index (κ1) is 39.6. The second-order valence-electron chi connectivity index (χ2n) is 12.5. The number of hydrogen-bond acceptors (Lipinski definition) is 8. The summed E-state index contributed by atoms with van der Waals surface area (Å²) in [6, 6.07) is 11.0. The Hall–Kier alpha value is -2.88. The fourth-order valence-corrected chi connectivity index (χ4v) is 7.75. The molecule has 0 radical (unpaired) electrons. The van der Waals surface area contributed by atoms with Crippen LogP contribution in [0.3, 0.4) is 0 Å². The average Bonchev–Trinajstić information content (AvgIpc) is 3.05. The molecule has 2 amide bonds. The highest BCUT2D eigenvalue weighted by Crippen LogP contribution is 2.19. The highest BCUT2D eigenvalue weighted by molar-refractivity contribution is 7.89. The first-order valence-corrected chi connectivity index (χ1v) is 19.6. The zero-order chi connectivity index (χ0) is 35.5. The van der Waals surface area contributed by atoms with Crippen LogP contribution in [0, 0.1) is 25.7 Å². The van der Waals surface area contributed by atoms with Gasteiger partial charge < -0.3 is 19.3 Å². The number of amides is 2. The molecule has 12 nitrogen and oxygen atoms in total. The van der Waals surface area contributed by atoms with E-state index in [0.717, 1.165) is 11.1 Å². The molecular weight excluding hydrogens is 657 g/mol. The number of benzene rings is 2. The van der Waals surface area contributed by atoms with E-state index in [2.05, 4.69) is 9.44 Å². The van der Waals surface area contributed by atoms with Gasteiger partial charge in [0.25, 0.3) is 0 Å². The van der Waals surface area contributed by atoms with Crippen LogP contribution in [0.4, 0.5) is 0 Å². The van der Waals surface area contributed by atoms with Gasteiger partial charge in [-0.05, 0) is 49.9 Å². The molecule has 0 aliphatic carbocycles. The van der Waals surface area contributed by atoms with Gasteiger partial charge in [0.1, 0.15) is 12.1 Å². The van der Waals surface area contributed by atoms with Gasteiger partial charge in [-0.25, -0.2) is 16.8 Å². The summed E-state index contributed by atoms with van der Waals surface area (Å²) < 4.78 is 69.9. The average molecular weight is 709 g/mol. The Morgan fingerprint density at radius 1 is 0.625 bits per heavy atom. The van der Waals surface area contributed by atoms with Crippen molar-refractivity contribution < 1.29 is 35.9 Å². The van der Waals surface area contributed by atoms with E-state index >= 15 is 0 Å². The van der Waals surface area contributed by atoms with E-state index in [4.69, 9.17) is 9.47 Å². The fraction of sp³-hybridized carbons (Fsp3) is 0.588. The predicted octanol–water partition coefficient (Wildman–Crippen LogP) is 3.09. The normalized spacial score (nSPS) is 18.2. The molecule has 1 aliphatic heterocycles. The lowest BCUT2D eigenvalue weighted by atomic mass is 9.99. The Kier molecular flexibility index (Phi) is 15.0. The van der Waals surface area contributed by atoms with Crippen molar-refractivity contribution in [2.45, 2.75) is 76.3 Å². The molecule has 2 aromatic rings. The molecule has 2 N–H and O–H groups in total. The highest BCUT2D eigenvalue weighted by Gasteiger charge is 2.34. The van der Waals surface area contributed by atoms with Crippen LogP contribution in [0.15, 0.2) is 58.3 Å². The fourth-order valence-electron chi connectivity index (χ4n) is 5.16. The lowest BCUT2D eigenvalue weighted by Gasteiger charge is -2.32. The third-order valence-electron chi connectivity index (χ3n) is 8.83. The van der Waals surface area contributed by atoms with Crippen LogP contribution in [-0.4, -0.2) is 103 Å². The molecule has 0 aromatic heterocycles. The number of aryl methyl sites for hydroxylation is 2. The zero-order valence-electron chi connectivity index (χ0n) is 29.0. The summed E-state index contributed by atoms with van der Waals surface area (Å²) in [6.07, 6.45) is 1.16. The van der Waals surface area contributed by atoms with Crippen LogP contribution in [0.1, 0.15) is 51.7 Å². The van der Waals surface area contributed by atoms with Crippen molar-refractivity contribution in [2.24, 2.45) is 11.8 Å². The maximum Gasteiger partial charge on any atom is 0.241 e. The van der Waals surface area contributed by atoms with Gasteiger partial charge in [-0.1, -0.05) is 75.9 Å². The molecule has 14 heteroatoms. The van der Waals surface area contributed by atoms with Crippen molar-refractivity contribution in [3.8, 4) is 0 Å². The maximum atomic E-state index is 13.8. The monoisotopic (exact) mass is 708 g/mol. The molecule has 1 fully saturated rings. The van der Waals surface area contributed by atoms with E-state index in [-0.39, 0.29) is 86.0 Å². The minimum atomic E-state index is -3.95. The molecular formula is C34H52N4O8S2. The first-order valence-electron chi connectivity index (χ1n) is 16.6. The standard InChI is InChI=1S/C34H52N4O8S2/c1-7-27(5)31(35-47(41,42)29-13-9-25(3)10-14-29)33(39)37-17-21-45-23-19-38(20-24-46-22-18-37)34(40)32(28(6)8-2)36-48(43,44)30-15-11-26(4)12-16-30/h9-16,27-28,31-32,35-36H,7-8,17-24H2,1-6H3/t27-,28+,31-,32-/m0/s1. The van der Waals surface area contributed by atoms with E-state index in [1.54, 1.807) is 34.1 Å². The number of carbonyl (C=O) groups excluding carboxylic acids is 2. The van der Waals surface area contributed by atoms with Gasteiger partial charge in [0.2, 0.25) is 31.9 Å². The van der Waals surface area contributed by atoms with Gasteiger partial charge >= 0.3 is 0 Å². The molecule has 4 atom stereocenters. The predicted molar refractivity (Wildman–Crippen MR) is 184 cm³/mol. The molecule has 3 rings (SSSR count). The number of sulfonamides is 2. The van der Waals surface area contributed by atoms with Crippen molar-refractivity contribution in [3.05, 3.63) is 59.7 Å². The number of carbonyl (C=O) groups is 2. The Labute approximate surface area is 286 Å². The Morgan fingerprint density at radius 3 is 1.19 bits per heavy atom. The van der Waals surface area contributed by atoms with Crippen molar-refractivity contribution in [3.63, 3.8) is 0 Å². The van der Waals surface area contributed by atoms with Crippen LogP contribution in [0.2, 0.25) is 0 Å². The number of ether oxygens (including phenoxy) is 2. The summed E-state index contributed by atoms with van der Waals surface area (Å²) in [6.45, 7) is 12.6. The minimum absolute atomic E-state index is 0.0900. The maximum absolute atomic E-state index is 13.8. The SMILES string of the molecule is CC[C@@H](C)[C@H](NS(=O)(=O)c1ccc(C)cc1)C(=O)N1CCOCCN(C(=O)[C@@H](NS(=O)(=O)c2ccc(C)cc2)[C@@H](C)CC)CCOCC1. The van der Waals surface area contributed by atoms with Crippen LogP contribution < -0.4 is 9.44 Å². The van der Waals surface area contributed by atoms with Gasteiger partial charge in [-0.2, -0.15) is 9.44 Å². The Morgan fingerprint density at radius 2 is 0.917 bits per heavy atom. The number of rotatable bonds is 12. The molecule has 1 saturated heterocycles. The van der Waals surface area contributed by atoms with Crippen molar-refractivity contribution in [1.29, 1.82) is 0 Å². The van der Waals surface area contributed by atoms with Crippen molar-refractivity contribution in [1.82, 2.24) is 19.2 Å². The van der Waals surface area contributed by atoms with Gasteiger partial charge in [0.05, 0.1) is 36.2 Å². The van der Waals surface area contributed by atoms with Crippen LogP contribution >= 0.6 is 0 Å². The molecule has 0 unspecified atom stereocenters.